The summed E-state index contributed by atoms with van der Waals surface area (Å²) >= 11 is 0. The van der Waals surface area contributed by atoms with Gasteiger partial charge in [-0.05, 0) is 0 Å². The number of H-pyrrole nitrogens is 2. The average molecular weight is 253 g/mol. The zero-order valence-electron chi connectivity index (χ0n) is 9.21. The molecule has 5 N–H and O–H groups in total. The lowest BCUT2D eigenvalue weighted by atomic mass is 10.3. The van der Waals surface area contributed by atoms with E-state index in [1.54, 1.807) is 0 Å². The second kappa shape index (κ2) is 3.68. The summed E-state index contributed by atoms with van der Waals surface area (Å²) in [6.45, 7) is 0.141. The molecule has 0 radical (unpaired) electrons. The first kappa shape index (κ1) is 11.0. The Labute approximate surface area is 99.2 Å². The third-order valence-electron chi connectivity index (χ3n) is 2.84. The van der Waals surface area contributed by atoms with Crippen LogP contribution in [0.4, 0.5) is 5.95 Å². The van der Waals surface area contributed by atoms with Crippen LogP contribution >= 0.6 is 0 Å². The van der Waals surface area contributed by atoms with Crippen molar-refractivity contribution in [1.29, 1.82) is 0 Å². The van der Waals surface area contributed by atoms with Crippen LogP contribution in [0.15, 0.2) is 9.59 Å². The minimum Gasteiger partial charge on any atom is -0.391 e. The van der Waals surface area contributed by atoms with Crippen LogP contribution in [-0.4, -0.2) is 37.3 Å². The molecule has 0 amide bonds. The number of anilines is 1. The zero-order valence-corrected chi connectivity index (χ0v) is 9.21. The van der Waals surface area contributed by atoms with Crippen LogP contribution in [0.2, 0.25) is 0 Å². The van der Waals surface area contributed by atoms with Crippen LogP contribution in [0, 0.1) is 0 Å². The molecule has 0 aliphatic carbocycles. The molecule has 9 heteroatoms. The fourth-order valence-electron chi connectivity index (χ4n) is 2.07. The Kier molecular flexibility index (Phi) is 2.25. The number of nitrogen functional groups attached to an aromatic ring is 1. The molecule has 1 aliphatic heterocycles. The highest BCUT2D eigenvalue weighted by molar-refractivity contribution is 5.70. The average Bonchev–Trinajstić information content (AvgIpc) is 2.82. The molecule has 0 bridgehead atoms. The fraction of sp³-hybridized carbons (Fsp3) is 0.444. The van der Waals surface area contributed by atoms with Crippen molar-refractivity contribution >= 4 is 17.1 Å². The summed E-state index contributed by atoms with van der Waals surface area (Å²) in [5.41, 5.74) is 4.57. The number of ether oxygens (including phenoxy) is 1. The second-order valence-electron chi connectivity index (χ2n) is 4.13. The molecule has 1 saturated heterocycles. The highest BCUT2D eigenvalue weighted by Gasteiger charge is 2.28. The number of aromatic nitrogens is 4. The number of nitrogens with two attached hydrogens (primary N) is 1. The number of hydrogen-bond donors (Lipinski definition) is 4. The Hall–Kier alpha value is -2.13. The van der Waals surface area contributed by atoms with Crippen molar-refractivity contribution in [1.82, 2.24) is 19.5 Å². The normalized spacial score (nSPS) is 23.8. The third-order valence-corrected chi connectivity index (χ3v) is 2.84. The number of imidazole rings is 1. The van der Waals surface area contributed by atoms with Crippen LogP contribution in [0.5, 0.6) is 0 Å². The van der Waals surface area contributed by atoms with Gasteiger partial charge in [0.15, 0.2) is 11.2 Å². The number of aromatic amines is 2. The molecule has 3 rings (SSSR count). The molecule has 18 heavy (non-hydrogen) atoms. The molecule has 96 valence electrons. The Bertz CT molecular complexity index is 714. The maximum Gasteiger partial charge on any atom is 0.329 e. The van der Waals surface area contributed by atoms with E-state index in [-0.39, 0.29) is 30.1 Å². The van der Waals surface area contributed by atoms with Gasteiger partial charge >= 0.3 is 5.69 Å². The van der Waals surface area contributed by atoms with Gasteiger partial charge in [-0.3, -0.25) is 14.8 Å². The van der Waals surface area contributed by atoms with Crippen molar-refractivity contribution < 1.29 is 9.84 Å². The van der Waals surface area contributed by atoms with Crippen molar-refractivity contribution in [3.63, 3.8) is 0 Å². The van der Waals surface area contributed by atoms with Gasteiger partial charge in [-0.25, -0.2) is 9.36 Å². The number of aliphatic hydroxyl groups excluding tert-OH is 1. The van der Waals surface area contributed by atoms with Crippen LogP contribution < -0.4 is 17.0 Å². The van der Waals surface area contributed by atoms with E-state index in [4.69, 9.17) is 10.5 Å². The number of nitrogens with zero attached hydrogens (tertiary/aromatic N) is 2. The summed E-state index contributed by atoms with van der Waals surface area (Å²) in [6, 6.07) is 0. The molecule has 0 saturated carbocycles. The molecule has 2 aromatic rings. The zero-order chi connectivity index (χ0) is 12.9. The van der Waals surface area contributed by atoms with Gasteiger partial charge in [-0.2, -0.15) is 4.98 Å². The maximum absolute atomic E-state index is 11.8. The molecule has 2 aromatic heterocycles. The summed E-state index contributed by atoms with van der Waals surface area (Å²) in [5, 5.41) is 9.41. The van der Waals surface area contributed by atoms with E-state index in [1.165, 1.54) is 4.57 Å². The lowest BCUT2D eigenvalue weighted by Crippen LogP contribution is -2.22. The third kappa shape index (κ3) is 1.52. The molecule has 1 fully saturated rings. The predicted molar refractivity (Wildman–Crippen MR) is 61.0 cm³/mol. The molecular weight excluding hydrogens is 242 g/mol. The number of nitrogens with one attached hydrogen (secondary N) is 2. The minimum absolute atomic E-state index is 0.0409. The van der Waals surface area contributed by atoms with E-state index in [0.717, 1.165) is 0 Å². The molecule has 0 unspecified atom stereocenters. The summed E-state index contributed by atoms with van der Waals surface area (Å²) in [7, 11) is 0. The molecule has 9 nitrogen and oxygen atoms in total. The molecule has 3 heterocycles. The lowest BCUT2D eigenvalue weighted by Gasteiger charge is -2.09. The summed E-state index contributed by atoms with van der Waals surface area (Å²) in [6.07, 6.45) is -1.01. The maximum atomic E-state index is 11.8. The first-order valence-corrected chi connectivity index (χ1v) is 5.36. The summed E-state index contributed by atoms with van der Waals surface area (Å²) in [4.78, 5) is 32.0. The predicted octanol–water partition coefficient (Wildman–Crippen LogP) is -1.73. The first-order chi connectivity index (χ1) is 8.56. The Balaban J connectivity index is 2.26. The largest absolute Gasteiger partial charge is 0.391 e. The van der Waals surface area contributed by atoms with Crippen LogP contribution in [-0.2, 0) is 4.74 Å². The molecule has 1 aliphatic rings. The number of hydrogen-bond acceptors (Lipinski definition) is 6. The van der Waals surface area contributed by atoms with E-state index >= 15 is 0 Å². The van der Waals surface area contributed by atoms with E-state index in [1.807, 2.05) is 0 Å². The van der Waals surface area contributed by atoms with Gasteiger partial charge in [0.05, 0.1) is 12.7 Å². The quantitative estimate of drug-likeness (QED) is 0.476. The van der Waals surface area contributed by atoms with Crippen LogP contribution in [0.1, 0.15) is 12.6 Å². The summed E-state index contributed by atoms with van der Waals surface area (Å²) in [5.74, 6) is -0.0844. The van der Waals surface area contributed by atoms with Crippen molar-refractivity contribution in [3.05, 3.63) is 20.8 Å². The van der Waals surface area contributed by atoms with Crippen molar-refractivity contribution in [2.45, 2.75) is 18.8 Å². The number of aliphatic hydroxyl groups is 1. The highest BCUT2D eigenvalue weighted by Crippen LogP contribution is 2.23. The van der Waals surface area contributed by atoms with Gasteiger partial charge < -0.3 is 15.6 Å². The van der Waals surface area contributed by atoms with Gasteiger partial charge in [-0.15, -0.1) is 0 Å². The standard InChI is InChI=1S/C9H11N5O4/c10-8-12-6-5(7(16)13-8)11-9(17)14(6)4-1-3(15)2-18-4/h3-4,15H,1-2H2,(H,11,17)(H3,10,12,13,16)/t3-,4+/m0/s1. The Morgan fingerprint density at radius 3 is 2.89 bits per heavy atom. The van der Waals surface area contributed by atoms with E-state index < -0.39 is 23.6 Å². The van der Waals surface area contributed by atoms with Gasteiger partial charge in [0.25, 0.3) is 5.56 Å². The topological polar surface area (TPSA) is 139 Å². The van der Waals surface area contributed by atoms with E-state index in [9.17, 15) is 14.7 Å². The fourth-order valence-corrected chi connectivity index (χ4v) is 2.07. The minimum atomic E-state index is -0.644. The summed E-state index contributed by atoms with van der Waals surface area (Å²) < 4.78 is 6.47. The smallest absolute Gasteiger partial charge is 0.329 e. The monoisotopic (exact) mass is 253 g/mol. The number of rotatable bonds is 1. The van der Waals surface area contributed by atoms with E-state index in [2.05, 4.69) is 15.0 Å². The SMILES string of the molecule is Nc1nc2c([nH]c(=O)n2[C@H]2C[C@H](O)CO2)c(=O)[nH]1. The lowest BCUT2D eigenvalue weighted by molar-refractivity contribution is 0.0483. The highest BCUT2D eigenvalue weighted by atomic mass is 16.5. The van der Waals surface area contributed by atoms with E-state index in [0.29, 0.717) is 0 Å². The van der Waals surface area contributed by atoms with Crippen LogP contribution in [0.25, 0.3) is 11.2 Å². The Morgan fingerprint density at radius 1 is 1.44 bits per heavy atom. The van der Waals surface area contributed by atoms with Crippen molar-refractivity contribution in [2.24, 2.45) is 0 Å². The number of fused-ring (bicyclic) bond motifs is 1. The van der Waals surface area contributed by atoms with Crippen molar-refractivity contribution in [2.75, 3.05) is 12.3 Å². The molecular formula is C9H11N5O4. The molecule has 2 atom stereocenters. The van der Waals surface area contributed by atoms with Crippen molar-refractivity contribution in [3.8, 4) is 0 Å². The van der Waals surface area contributed by atoms with Gasteiger partial charge in [0.2, 0.25) is 5.95 Å². The second-order valence-corrected chi connectivity index (χ2v) is 4.13. The van der Waals surface area contributed by atoms with Gasteiger partial charge in [0.1, 0.15) is 6.23 Å². The van der Waals surface area contributed by atoms with Gasteiger partial charge in [-0.1, -0.05) is 0 Å². The van der Waals surface area contributed by atoms with Crippen LogP contribution in [0.3, 0.4) is 0 Å². The van der Waals surface area contributed by atoms with Gasteiger partial charge in [0, 0.05) is 6.42 Å². The molecule has 0 aromatic carbocycles. The first-order valence-electron chi connectivity index (χ1n) is 5.36. The Morgan fingerprint density at radius 2 is 2.22 bits per heavy atom. The molecule has 0 spiro atoms.